The van der Waals surface area contributed by atoms with E-state index in [1.807, 2.05) is 12.1 Å². The van der Waals surface area contributed by atoms with Crippen molar-refractivity contribution in [1.29, 1.82) is 0 Å². The molecule has 4 rings (SSSR count). The number of benzene rings is 2. The zero-order chi connectivity index (χ0) is 19.0. The molecule has 1 aliphatic heterocycles. The van der Waals surface area contributed by atoms with E-state index in [9.17, 15) is 9.18 Å². The Morgan fingerprint density at radius 1 is 1.15 bits per heavy atom. The molecule has 1 unspecified atom stereocenters. The summed E-state index contributed by atoms with van der Waals surface area (Å²) in [7, 11) is 3.13. The molecule has 1 atom stereocenters. The Bertz CT molecular complexity index is 1020. The Morgan fingerprint density at radius 2 is 1.93 bits per heavy atom. The van der Waals surface area contributed by atoms with Gasteiger partial charge in [-0.15, -0.1) is 0 Å². The van der Waals surface area contributed by atoms with Crippen molar-refractivity contribution < 1.29 is 18.7 Å². The predicted octanol–water partition coefficient (Wildman–Crippen LogP) is 3.50. The summed E-state index contributed by atoms with van der Waals surface area (Å²) in [6.45, 7) is 0. The number of halogens is 1. The fraction of sp³-hybridized carbons (Fsp3) is 0.200. The summed E-state index contributed by atoms with van der Waals surface area (Å²) < 4.78 is 26.4. The van der Waals surface area contributed by atoms with Gasteiger partial charge < -0.3 is 14.8 Å². The van der Waals surface area contributed by atoms with E-state index in [0.29, 0.717) is 28.7 Å². The first-order valence-electron chi connectivity index (χ1n) is 8.46. The van der Waals surface area contributed by atoms with Gasteiger partial charge in [0, 0.05) is 12.3 Å². The highest BCUT2D eigenvalue weighted by atomic mass is 19.1. The third-order valence-corrected chi connectivity index (χ3v) is 4.70. The minimum absolute atomic E-state index is 0.152. The Kier molecular flexibility index (Phi) is 4.27. The first-order chi connectivity index (χ1) is 13.1. The van der Waals surface area contributed by atoms with Crippen LogP contribution in [-0.4, -0.2) is 29.7 Å². The van der Waals surface area contributed by atoms with Crippen molar-refractivity contribution in [1.82, 2.24) is 9.55 Å². The predicted molar refractivity (Wildman–Crippen MR) is 98.2 cm³/mol. The number of methoxy groups -OCH3 is 2. The van der Waals surface area contributed by atoms with Gasteiger partial charge in [-0.2, -0.15) is 0 Å². The minimum Gasteiger partial charge on any atom is -0.493 e. The molecule has 0 saturated heterocycles. The molecule has 138 valence electrons. The molecule has 0 radical (unpaired) electrons. The molecular weight excluding hydrogens is 349 g/mol. The van der Waals surface area contributed by atoms with E-state index in [1.165, 1.54) is 12.4 Å². The maximum atomic E-state index is 14.2. The van der Waals surface area contributed by atoms with Crippen molar-refractivity contribution in [2.75, 3.05) is 19.5 Å². The molecule has 6 nitrogen and oxygen atoms in total. The lowest BCUT2D eigenvalue weighted by Gasteiger charge is -2.24. The van der Waals surface area contributed by atoms with Gasteiger partial charge in [0.05, 0.1) is 25.6 Å². The third-order valence-electron chi connectivity index (χ3n) is 4.70. The van der Waals surface area contributed by atoms with Crippen molar-refractivity contribution in [3.8, 4) is 17.2 Å². The largest absolute Gasteiger partial charge is 0.493 e. The van der Waals surface area contributed by atoms with E-state index in [-0.39, 0.29) is 24.1 Å². The number of fused-ring (bicyclic) bond motifs is 1. The van der Waals surface area contributed by atoms with Crippen LogP contribution in [0.25, 0.3) is 5.69 Å². The van der Waals surface area contributed by atoms with Gasteiger partial charge in [0.2, 0.25) is 5.91 Å². The van der Waals surface area contributed by atoms with Gasteiger partial charge in [0.1, 0.15) is 18.0 Å². The molecule has 3 aromatic rings. The van der Waals surface area contributed by atoms with Crippen LogP contribution in [0.5, 0.6) is 11.5 Å². The molecule has 1 amide bonds. The number of para-hydroxylation sites is 1. The van der Waals surface area contributed by atoms with Crippen molar-refractivity contribution in [2.45, 2.75) is 12.3 Å². The molecule has 1 aromatic heterocycles. The van der Waals surface area contributed by atoms with Crippen LogP contribution in [-0.2, 0) is 4.79 Å². The summed E-state index contributed by atoms with van der Waals surface area (Å²) in [6, 6.07) is 11.9. The van der Waals surface area contributed by atoms with E-state index in [4.69, 9.17) is 9.47 Å². The number of nitrogens with zero attached hydrogens (tertiary/aromatic N) is 2. The van der Waals surface area contributed by atoms with Crippen LogP contribution in [0.3, 0.4) is 0 Å². The van der Waals surface area contributed by atoms with Crippen molar-refractivity contribution in [3.05, 3.63) is 65.9 Å². The van der Waals surface area contributed by atoms with Gasteiger partial charge in [0.25, 0.3) is 0 Å². The van der Waals surface area contributed by atoms with Gasteiger partial charge in [-0.25, -0.2) is 9.37 Å². The number of carbonyl (C=O) groups excluding carboxylic acids is 1. The summed E-state index contributed by atoms with van der Waals surface area (Å²) in [5.41, 5.74) is 1.90. The number of nitrogens with one attached hydrogen (secondary N) is 1. The SMILES string of the molecule is COc1ccc(C2CC(=O)Nc3c2ncn3-c2ccccc2F)cc1OC. The number of rotatable bonds is 4. The number of carbonyl (C=O) groups is 1. The summed E-state index contributed by atoms with van der Waals surface area (Å²) in [4.78, 5) is 16.8. The third kappa shape index (κ3) is 2.91. The Balaban J connectivity index is 1.81. The second-order valence-corrected chi connectivity index (χ2v) is 6.22. The summed E-state index contributed by atoms with van der Waals surface area (Å²) in [5, 5.41) is 2.82. The van der Waals surface area contributed by atoms with Crippen LogP contribution in [0.2, 0.25) is 0 Å². The summed E-state index contributed by atoms with van der Waals surface area (Å²) in [6.07, 6.45) is 1.78. The van der Waals surface area contributed by atoms with E-state index in [0.717, 1.165) is 5.56 Å². The van der Waals surface area contributed by atoms with E-state index < -0.39 is 0 Å². The molecule has 7 heteroatoms. The number of ether oxygens (including phenoxy) is 2. The van der Waals surface area contributed by atoms with Gasteiger partial charge in [-0.3, -0.25) is 9.36 Å². The lowest BCUT2D eigenvalue weighted by Crippen LogP contribution is -2.25. The highest BCUT2D eigenvalue weighted by molar-refractivity contribution is 5.94. The smallest absolute Gasteiger partial charge is 0.226 e. The van der Waals surface area contributed by atoms with Crippen LogP contribution in [0.15, 0.2) is 48.8 Å². The van der Waals surface area contributed by atoms with Crippen LogP contribution in [0.1, 0.15) is 23.6 Å². The zero-order valence-electron chi connectivity index (χ0n) is 14.9. The average molecular weight is 367 g/mol. The zero-order valence-corrected chi connectivity index (χ0v) is 14.9. The van der Waals surface area contributed by atoms with Gasteiger partial charge >= 0.3 is 0 Å². The molecule has 2 heterocycles. The molecule has 27 heavy (non-hydrogen) atoms. The Morgan fingerprint density at radius 3 is 2.67 bits per heavy atom. The Labute approximate surface area is 155 Å². The first-order valence-corrected chi connectivity index (χ1v) is 8.46. The standard InChI is InChI=1S/C20H18FN3O3/c1-26-16-8-7-12(9-17(16)27-2)13-10-18(25)23-20-19(13)22-11-24(20)15-6-4-3-5-14(15)21/h3-9,11,13H,10H2,1-2H3,(H,23,25). The maximum Gasteiger partial charge on any atom is 0.226 e. The van der Waals surface area contributed by atoms with Crippen LogP contribution >= 0.6 is 0 Å². The van der Waals surface area contributed by atoms with Crippen LogP contribution in [0.4, 0.5) is 10.2 Å². The lowest BCUT2D eigenvalue weighted by atomic mass is 9.89. The highest BCUT2D eigenvalue weighted by Gasteiger charge is 2.31. The normalized spacial score (nSPS) is 15.8. The number of aromatic nitrogens is 2. The summed E-state index contributed by atoms with van der Waals surface area (Å²) in [5.74, 6) is 0.868. The lowest BCUT2D eigenvalue weighted by molar-refractivity contribution is -0.116. The van der Waals surface area contributed by atoms with Crippen LogP contribution in [0, 0.1) is 5.82 Å². The fourth-order valence-electron chi connectivity index (χ4n) is 3.38. The van der Waals surface area contributed by atoms with E-state index in [2.05, 4.69) is 10.3 Å². The van der Waals surface area contributed by atoms with Crippen molar-refractivity contribution >= 4 is 11.7 Å². The number of hydrogen-bond acceptors (Lipinski definition) is 4. The molecule has 0 bridgehead atoms. The molecule has 0 saturated carbocycles. The number of amides is 1. The second kappa shape index (κ2) is 6.75. The molecular formula is C20H18FN3O3. The molecule has 0 fully saturated rings. The minimum atomic E-state index is -0.389. The van der Waals surface area contributed by atoms with Crippen LogP contribution < -0.4 is 14.8 Å². The molecule has 0 spiro atoms. The molecule has 0 aliphatic carbocycles. The van der Waals surface area contributed by atoms with Gasteiger partial charge in [-0.05, 0) is 29.8 Å². The topological polar surface area (TPSA) is 65.4 Å². The van der Waals surface area contributed by atoms with Crippen molar-refractivity contribution in [2.24, 2.45) is 0 Å². The van der Waals surface area contributed by atoms with E-state index in [1.54, 1.807) is 43.1 Å². The van der Waals surface area contributed by atoms with Crippen molar-refractivity contribution in [3.63, 3.8) is 0 Å². The summed E-state index contributed by atoms with van der Waals surface area (Å²) >= 11 is 0. The number of imidazole rings is 1. The molecule has 2 aromatic carbocycles. The maximum absolute atomic E-state index is 14.2. The second-order valence-electron chi connectivity index (χ2n) is 6.22. The number of anilines is 1. The monoisotopic (exact) mass is 367 g/mol. The quantitative estimate of drug-likeness (QED) is 0.766. The Hall–Kier alpha value is -3.35. The first kappa shape index (κ1) is 17.1. The average Bonchev–Trinajstić information content (AvgIpc) is 3.10. The number of hydrogen-bond donors (Lipinski definition) is 1. The van der Waals surface area contributed by atoms with Gasteiger partial charge in [0.15, 0.2) is 11.5 Å². The van der Waals surface area contributed by atoms with Gasteiger partial charge in [-0.1, -0.05) is 18.2 Å². The molecule has 1 N–H and O–H groups in total. The highest BCUT2D eigenvalue weighted by Crippen LogP contribution is 2.40. The van der Waals surface area contributed by atoms with E-state index >= 15 is 0 Å². The fourth-order valence-corrected chi connectivity index (χ4v) is 3.38. The molecule has 1 aliphatic rings.